The summed E-state index contributed by atoms with van der Waals surface area (Å²) in [5.74, 6) is 0.862. The molecule has 3 heterocycles. The van der Waals surface area contributed by atoms with E-state index in [0.717, 1.165) is 37.9 Å². The predicted molar refractivity (Wildman–Crippen MR) is 111 cm³/mol. The third-order valence-corrected chi connectivity index (χ3v) is 6.77. The van der Waals surface area contributed by atoms with Crippen LogP contribution in [-0.2, 0) is 19.1 Å². The van der Waals surface area contributed by atoms with Gasteiger partial charge in [0.05, 0.1) is 25.4 Å². The van der Waals surface area contributed by atoms with Crippen LogP contribution in [0.1, 0.15) is 50.5 Å². The average Bonchev–Trinajstić information content (AvgIpc) is 3.06. The lowest BCUT2D eigenvalue weighted by atomic mass is 9.82. The number of primary amides is 1. The topological polar surface area (TPSA) is 91.1 Å². The molecule has 164 valence electrons. The number of ether oxygens (including phenoxy) is 3. The molecule has 2 amide bonds. The van der Waals surface area contributed by atoms with E-state index in [0.29, 0.717) is 19.1 Å². The van der Waals surface area contributed by atoms with E-state index in [1.165, 1.54) is 5.56 Å². The molecule has 1 aliphatic carbocycles. The average molecular weight is 417 g/mol. The van der Waals surface area contributed by atoms with Crippen LogP contribution in [0.3, 0.4) is 0 Å². The van der Waals surface area contributed by atoms with Crippen molar-refractivity contribution in [2.45, 2.75) is 63.1 Å². The van der Waals surface area contributed by atoms with E-state index in [9.17, 15) is 9.59 Å². The van der Waals surface area contributed by atoms with E-state index < -0.39 is 5.91 Å². The summed E-state index contributed by atoms with van der Waals surface area (Å²) in [6.07, 6.45) is 5.18. The minimum atomic E-state index is -0.482. The van der Waals surface area contributed by atoms with Crippen LogP contribution in [0, 0.1) is 5.92 Å². The van der Waals surface area contributed by atoms with Crippen molar-refractivity contribution in [3.63, 3.8) is 0 Å². The summed E-state index contributed by atoms with van der Waals surface area (Å²) in [7, 11) is 0. The number of hydrogen-bond acceptors (Lipinski definition) is 5. The molecule has 7 heteroatoms. The summed E-state index contributed by atoms with van der Waals surface area (Å²) in [4.78, 5) is 26.1. The summed E-state index contributed by atoms with van der Waals surface area (Å²) >= 11 is 0. The lowest BCUT2D eigenvalue weighted by molar-refractivity contribution is -0.139. The first-order chi connectivity index (χ1) is 14.5. The molecule has 0 spiro atoms. The van der Waals surface area contributed by atoms with E-state index in [1.807, 2.05) is 23.1 Å². The van der Waals surface area contributed by atoms with Crippen LogP contribution in [-0.4, -0.2) is 61.3 Å². The van der Waals surface area contributed by atoms with Gasteiger partial charge in [0.15, 0.2) is 6.61 Å². The first-order valence-corrected chi connectivity index (χ1v) is 11.0. The molecule has 3 aliphatic heterocycles. The molecule has 1 aromatic carbocycles. The highest BCUT2D eigenvalue weighted by molar-refractivity contribution is 5.79. The van der Waals surface area contributed by atoms with Gasteiger partial charge in [0.2, 0.25) is 5.91 Å². The van der Waals surface area contributed by atoms with Crippen molar-refractivity contribution >= 4 is 11.8 Å². The number of benzene rings is 1. The molecule has 4 aliphatic rings. The molecule has 0 aromatic heterocycles. The third-order valence-electron chi connectivity index (χ3n) is 6.77. The fraction of sp³-hybridized carbons (Fsp3) is 0.652. The highest BCUT2D eigenvalue weighted by atomic mass is 16.5. The third kappa shape index (κ3) is 4.62. The SMILES string of the molecule is CC1CC(COCC(N)=O)[C@H]2COC3CCC(CC3)c3ccccc3OCC(=O)N12. The van der Waals surface area contributed by atoms with Crippen LogP contribution in [0.4, 0.5) is 0 Å². The summed E-state index contributed by atoms with van der Waals surface area (Å²) in [6.45, 7) is 2.85. The van der Waals surface area contributed by atoms with Gasteiger partial charge in [-0.05, 0) is 56.6 Å². The zero-order chi connectivity index (χ0) is 21.1. The van der Waals surface area contributed by atoms with Crippen LogP contribution in [0.2, 0.25) is 0 Å². The Balaban J connectivity index is 1.55. The normalized spacial score (nSPS) is 31.7. The van der Waals surface area contributed by atoms with E-state index in [-0.39, 0.29) is 43.2 Å². The Morgan fingerprint density at radius 1 is 1.23 bits per heavy atom. The maximum Gasteiger partial charge on any atom is 0.261 e. The van der Waals surface area contributed by atoms with Gasteiger partial charge in [-0.15, -0.1) is 0 Å². The predicted octanol–water partition coefficient (Wildman–Crippen LogP) is 2.23. The number of carbonyl (C=O) groups excluding carboxylic acids is 2. The van der Waals surface area contributed by atoms with Crippen molar-refractivity contribution in [2.75, 3.05) is 26.4 Å². The molecule has 1 aromatic rings. The molecule has 2 fully saturated rings. The van der Waals surface area contributed by atoms with Gasteiger partial charge in [-0.2, -0.15) is 0 Å². The second kappa shape index (κ2) is 9.35. The molecule has 7 nitrogen and oxygen atoms in total. The molecule has 5 rings (SSSR count). The quantitative estimate of drug-likeness (QED) is 0.813. The Kier molecular flexibility index (Phi) is 6.58. The second-order valence-corrected chi connectivity index (χ2v) is 8.83. The monoisotopic (exact) mass is 416 g/mol. The fourth-order valence-corrected chi connectivity index (χ4v) is 5.34. The number of rotatable bonds is 4. The molecule has 2 unspecified atom stereocenters. The van der Waals surface area contributed by atoms with Crippen LogP contribution in [0.15, 0.2) is 24.3 Å². The van der Waals surface area contributed by atoms with Gasteiger partial charge in [0, 0.05) is 12.0 Å². The second-order valence-electron chi connectivity index (χ2n) is 8.83. The number of para-hydroxylation sites is 1. The minimum absolute atomic E-state index is 0.0167. The van der Waals surface area contributed by atoms with E-state index in [1.54, 1.807) is 0 Å². The highest BCUT2D eigenvalue weighted by Crippen LogP contribution is 2.39. The van der Waals surface area contributed by atoms with E-state index in [4.69, 9.17) is 19.9 Å². The van der Waals surface area contributed by atoms with Gasteiger partial charge in [-0.3, -0.25) is 9.59 Å². The number of nitrogens with zero attached hydrogens (tertiary/aromatic N) is 1. The molecule has 1 saturated carbocycles. The zero-order valence-corrected chi connectivity index (χ0v) is 17.6. The number of nitrogens with two attached hydrogens (primary N) is 1. The Labute approximate surface area is 177 Å². The van der Waals surface area contributed by atoms with Crippen LogP contribution < -0.4 is 10.5 Å². The summed E-state index contributed by atoms with van der Waals surface area (Å²) < 4.78 is 17.9. The van der Waals surface area contributed by atoms with Gasteiger partial charge in [0.25, 0.3) is 5.91 Å². The van der Waals surface area contributed by atoms with Crippen LogP contribution in [0.25, 0.3) is 0 Å². The lowest BCUT2D eigenvalue weighted by Gasteiger charge is -2.33. The Morgan fingerprint density at radius 3 is 2.77 bits per heavy atom. The Bertz CT molecular complexity index is 762. The van der Waals surface area contributed by atoms with Gasteiger partial charge >= 0.3 is 0 Å². The van der Waals surface area contributed by atoms with Crippen molar-refractivity contribution in [1.29, 1.82) is 0 Å². The Hall–Kier alpha value is -2.12. The van der Waals surface area contributed by atoms with Crippen molar-refractivity contribution in [3.8, 4) is 5.75 Å². The molecular formula is C23H32N2O5. The number of fused-ring (bicyclic) bond motifs is 5. The van der Waals surface area contributed by atoms with Crippen LogP contribution >= 0.6 is 0 Å². The van der Waals surface area contributed by atoms with Gasteiger partial charge in [0.1, 0.15) is 12.4 Å². The van der Waals surface area contributed by atoms with Gasteiger partial charge in [-0.1, -0.05) is 18.2 Å². The fourth-order valence-electron chi connectivity index (χ4n) is 5.34. The molecule has 2 bridgehead atoms. The molecule has 3 atom stereocenters. The first-order valence-electron chi connectivity index (χ1n) is 11.0. The smallest absolute Gasteiger partial charge is 0.261 e. The standard InChI is InChI=1S/C23H32N2O5/c1-15-10-17(11-28-13-22(24)26)20-12-29-18-8-6-16(7-9-18)19-4-2-3-5-21(19)30-14-23(27)25(15)20/h2-5,15-18,20H,6-14H2,1H3,(H2,24,26)/t15?,16?,17?,18?,20-/m1/s1. The van der Waals surface area contributed by atoms with Gasteiger partial charge in [-0.25, -0.2) is 0 Å². The molecule has 1 saturated heterocycles. The van der Waals surface area contributed by atoms with Crippen molar-refractivity contribution in [2.24, 2.45) is 11.7 Å². The summed E-state index contributed by atoms with van der Waals surface area (Å²) in [5.41, 5.74) is 6.40. The summed E-state index contributed by atoms with van der Waals surface area (Å²) in [6, 6.07) is 8.07. The van der Waals surface area contributed by atoms with Gasteiger partial charge < -0.3 is 24.8 Å². The maximum absolute atomic E-state index is 13.2. The van der Waals surface area contributed by atoms with E-state index >= 15 is 0 Å². The lowest BCUT2D eigenvalue weighted by Crippen LogP contribution is -2.47. The first kappa shape index (κ1) is 21.1. The number of carbonyl (C=O) groups is 2. The summed E-state index contributed by atoms with van der Waals surface area (Å²) in [5, 5.41) is 0. The molecule has 30 heavy (non-hydrogen) atoms. The maximum atomic E-state index is 13.2. The largest absolute Gasteiger partial charge is 0.483 e. The van der Waals surface area contributed by atoms with Crippen molar-refractivity contribution in [1.82, 2.24) is 4.90 Å². The molecular weight excluding hydrogens is 384 g/mol. The zero-order valence-electron chi connectivity index (χ0n) is 17.6. The molecule has 2 N–H and O–H groups in total. The minimum Gasteiger partial charge on any atom is -0.483 e. The molecule has 0 radical (unpaired) electrons. The number of amides is 2. The Morgan fingerprint density at radius 2 is 2.00 bits per heavy atom. The highest BCUT2D eigenvalue weighted by Gasteiger charge is 2.42. The van der Waals surface area contributed by atoms with Crippen LogP contribution in [0.5, 0.6) is 5.75 Å². The van der Waals surface area contributed by atoms with Crippen molar-refractivity contribution in [3.05, 3.63) is 29.8 Å². The van der Waals surface area contributed by atoms with Crippen molar-refractivity contribution < 1.29 is 23.8 Å². The van der Waals surface area contributed by atoms with E-state index in [2.05, 4.69) is 13.0 Å². The number of hydrogen-bond donors (Lipinski definition) is 1.